The number of likely N-dealkylation sites (tertiary alicyclic amines) is 1. The number of nitrogens with one attached hydrogen (secondary N) is 1. The first-order valence-corrected chi connectivity index (χ1v) is 11.5. The summed E-state index contributed by atoms with van der Waals surface area (Å²) in [6.07, 6.45) is 1.79. The summed E-state index contributed by atoms with van der Waals surface area (Å²) in [5, 5.41) is 17.9. The van der Waals surface area contributed by atoms with Crippen LogP contribution in [0.15, 0.2) is 42.5 Å². The van der Waals surface area contributed by atoms with Gasteiger partial charge >= 0.3 is 11.9 Å². The Morgan fingerprint density at radius 2 is 1.57 bits per heavy atom. The van der Waals surface area contributed by atoms with Crippen LogP contribution in [0.5, 0.6) is 11.5 Å². The highest BCUT2D eigenvalue weighted by molar-refractivity contribution is 6.27. The van der Waals surface area contributed by atoms with Gasteiger partial charge in [-0.1, -0.05) is 35.9 Å². The van der Waals surface area contributed by atoms with Crippen LogP contribution < -0.4 is 14.8 Å². The number of amides is 1. The molecule has 1 aliphatic heterocycles. The van der Waals surface area contributed by atoms with Crippen molar-refractivity contribution in [1.82, 2.24) is 10.2 Å². The Bertz CT molecular complexity index is 972. The van der Waals surface area contributed by atoms with Crippen molar-refractivity contribution in [2.24, 2.45) is 5.92 Å². The fourth-order valence-electron chi connectivity index (χ4n) is 3.74. The second-order valence-corrected chi connectivity index (χ2v) is 8.28. The van der Waals surface area contributed by atoms with Gasteiger partial charge in [0.25, 0.3) is 0 Å². The Hall–Kier alpha value is -3.59. The predicted molar refractivity (Wildman–Crippen MR) is 130 cm³/mol. The minimum absolute atomic E-state index is 0.103. The van der Waals surface area contributed by atoms with Gasteiger partial charge in [-0.3, -0.25) is 9.69 Å². The number of hydrogen-bond acceptors (Lipinski definition) is 6. The van der Waals surface area contributed by atoms with Crippen molar-refractivity contribution in [2.45, 2.75) is 39.8 Å². The summed E-state index contributed by atoms with van der Waals surface area (Å²) < 4.78 is 11.0. The molecular weight excluding hydrogens is 452 g/mol. The van der Waals surface area contributed by atoms with Crippen LogP contribution in [0.25, 0.3) is 0 Å². The number of carbonyl (C=O) groups excluding carboxylic acids is 1. The summed E-state index contributed by atoms with van der Waals surface area (Å²) in [5.74, 6) is -1.82. The summed E-state index contributed by atoms with van der Waals surface area (Å²) in [6, 6.07) is 14.4. The number of benzene rings is 2. The van der Waals surface area contributed by atoms with Crippen molar-refractivity contribution in [3.05, 3.63) is 59.2 Å². The number of carbonyl (C=O) groups is 3. The number of methoxy groups -OCH3 is 1. The summed E-state index contributed by atoms with van der Waals surface area (Å²) in [6.45, 7) is 7.98. The second-order valence-electron chi connectivity index (χ2n) is 8.28. The Morgan fingerprint density at radius 1 is 0.971 bits per heavy atom. The number of aryl methyl sites for hydroxylation is 1. The Labute approximate surface area is 205 Å². The SMILES string of the molecule is CCOc1ccc(CN2CCC(C(=O)NCc3ccc(C)cc3)CC2)cc1OC.O=C(O)C(=O)O. The van der Waals surface area contributed by atoms with Gasteiger partial charge in [-0.2, -0.15) is 0 Å². The number of rotatable bonds is 8. The van der Waals surface area contributed by atoms with Crippen LogP contribution in [0.4, 0.5) is 0 Å². The molecule has 0 radical (unpaired) electrons. The van der Waals surface area contributed by atoms with Gasteiger partial charge in [-0.05, 0) is 63.0 Å². The van der Waals surface area contributed by atoms with Crippen molar-refractivity contribution < 1.29 is 34.1 Å². The summed E-state index contributed by atoms with van der Waals surface area (Å²) in [5.41, 5.74) is 3.58. The van der Waals surface area contributed by atoms with Crippen molar-refractivity contribution in [3.8, 4) is 11.5 Å². The second kappa shape index (κ2) is 14.0. The number of carboxylic acid groups (broad SMARTS) is 2. The number of hydrogen-bond donors (Lipinski definition) is 3. The van der Waals surface area contributed by atoms with Crippen LogP contribution in [0.1, 0.15) is 36.5 Å². The lowest BCUT2D eigenvalue weighted by Gasteiger charge is -2.31. The highest BCUT2D eigenvalue weighted by atomic mass is 16.5. The van der Waals surface area contributed by atoms with Crippen molar-refractivity contribution in [3.63, 3.8) is 0 Å². The highest BCUT2D eigenvalue weighted by Gasteiger charge is 2.25. The van der Waals surface area contributed by atoms with Gasteiger partial charge in [0.15, 0.2) is 11.5 Å². The minimum Gasteiger partial charge on any atom is -0.493 e. The molecular formula is C26H34N2O7. The molecule has 1 fully saturated rings. The van der Waals surface area contributed by atoms with E-state index in [1.165, 1.54) is 11.1 Å². The maximum Gasteiger partial charge on any atom is 0.414 e. The molecule has 9 heteroatoms. The van der Waals surface area contributed by atoms with Crippen LogP contribution >= 0.6 is 0 Å². The van der Waals surface area contributed by atoms with E-state index in [1.54, 1.807) is 7.11 Å². The molecule has 0 spiro atoms. The third-order valence-corrected chi connectivity index (χ3v) is 5.66. The quantitative estimate of drug-likeness (QED) is 0.486. The zero-order valence-corrected chi connectivity index (χ0v) is 20.5. The van der Waals surface area contributed by atoms with Crippen LogP contribution in [0, 0.1) is 12.8 Å². The Balaban J connectivity index is 0.000000641. The first kappa shape index (κ1) is 27.7. The summed E-state index contributed by atoms with van der Waals surface area (Å²) in [4.78, 5) is 33.1. The Kier molecular flexibility index (Phi) is 11.0. The number of aliphatic carboxylic acids is 2. The van der Waals surface area contributed by atoms with Crippen molar-refractivity contribution in [1.29, 1.82) is 0 Å². The van der Waals surface area contributed by atoms with E-state index in [9.17, 15) is 4.79 Å². The molecule has 0 atom stereocenters. The van der Waals surface area contributed by atoms with E-state index in [-0.39, 0.29) is 11.8 Å². The molecule has 35 heavy (non-hydrogen) atoms. The predicted octanol–water partition coefficient (Wildman–Crippen LogP) is 3.09. The van der Waals surface area contributed by atoms with Gasteiger partial charge in [-0.15, -0.1) is 0 Å². The molecule has 1 saturated heterocycles. The molecule has 0 unspecified atom stereocenters. The lowest BCUT2D eigenvalue weighted by atomic mass is 9.95. The molecule has 0 aliphatic carbocycles. The average Bonchev–Trinajstić information content (AvgIpc) is 2.85. The van der Waals surface area contributed by atoms with E-state index < -0.39 is 11.9 Å². The van der Waals surface area contributed by atoms with Crippen molar-refractivity contribution in [2.75, 3.05) is 26.8 Å². The summed E-state index contributed by atoms with van der Waals surface area (Å²) in [7, 11) is 1.67. The first-order chi connectivity index (χ1) is 16.7. The fraction of sp³-hybridized carbons (Fsp3) is 0.423. The molecule has 1 amide bonds. The maximum absolute atomic E-state index is 12.5. The third kappa shape index (κ3) is 9.29. The van der Waals surface area contributed by atoms with Crippen LogP contribution in [0.3, 0.4) is 0 Å². The number of ether oxygens (including phenoxy) is 2. The lowest BCUT2D eigenvalue weighted by Crippen LogP contribution is -2.40. The lowest BCUT2D eigenvalue weighted by molar-refractivity contribution is -0.159. The number of piperidine rings is 1. The number of carboxylic acids is 2. The summed E-state index contributed by atoms with van der Waals surface area (Å²) >= 11 is 0. The van der Waals surface area contributed by atoms with Gasteiger partial charge in [0.05, 0.1) is 13.7 Å². The van der Waals surface area contributed by atoms with Gasteiger partial charge in [0, 0.05) is 19.0 Å². The molecule has 0 aromatic heterocycles. The van der Waals surface area contributed by atoms with Crippen LogP contribution in [-0.4, -0.2) is 59.8 Å². The topological polar surface area (TPSA) is 125 Å². The van der Waals surface area contributed by atoms with Crippen LogP contribution in [0.2, 0.25) is 0 Å². The van der Waals surface area contributed by atoms with E-state index in [2.05, 4.69) is 47.5 Å². The minimum atomic E-state index is -1.82. The molecule has 1 aliphatic rings. The molecule has 3 N–H and O–H groups in total. The average molecular weight is 487 g/mol. The van der Waals surface area contributed by atoms with E-state index >= 15 is 0 Å². The number of nitrogens with zero attached hydrogens (tertiary/aromatic N) is 1. The highest BCUT2D eigenvalue weighted by Crippen LogP contribution is 2.29. The molecule has 0 bridgehead atoms. The normalized spacial score (nSPS) is 13.8. The molecule has 2 aromatic rings. The fourth-order valence-corrected chi connectivity index (χ4v) is 3.74. The van der Waals surface area contributed by atoms with Gasteiger partial charge < -0.3 is 25.0 Å². The largest absolute Gasteiger partial charge is 0.493 e. The molecule has 2 aromatic carbocycles. The third-order valence-electron chi connectivity index (χ3n) is 5.66. The zero-order valence-electron chi connectivity index (χ0n) is 20.5. The standard InChI is InChI=1S/C24H32N2O3.C2H2O4/c1-4-29-22-10-9-20(15-23(22)28-3)17-26-13-11-21(12-14-26)24(27)25-16-19-7-5-18(2)6-8-19;3-1(4)2(5)6/h5-10,15,21H,4,11-14,16-17H2,1-3H3,(H,25,27);(H,3,4)(H,5,6). The molecule has 190 valence electrons. The van der Waals surface area contributed by atoms with Gasteiger partial charge in [-0.25, -0.2) is 9.59 Å². The zero-order chi connectivity index (χ0) is 25.8. The van der Waals surface area contributed by atoms with Crippen LogP contribution in [-0.2, 0) is 27.5 Å². The molecule has 0 saturated carbocycles. The van der Waals surface area contributed by atoms with E-state index in [0.717, 1.165) is 49.5 Å². The van der Waals surface area contributed by atoms with E-state index in [0.29, 0.717) is 13.2 Å². The maximum atomic E-state index is 12.5. The Morgan fingerprint density at radius 3 is 2.11 bits per heavy atom. The molecule has 1 heterocycles. The smallest absolute Gasteiger partial charge is 0.414 e. The van der Waals surface area contributed by atoms with Crippen molar-refractivity contribution >= 4 is 17.8 Å². The molecule has 9 nitrogen and oxygen atoms in total. The first-order valence-electron chi connectivity index (χ1n) is 11.5. The van der Waals surface area contributed by atoms with Gasteiger partial charge in [0.1, 0.15) is 0 Å². The van der Waals surface area contributed by atoms with E-state index in [4.69, 9.17) is 29.3 Å². The molecule has 3 rings (SSSR count). The monoisotopic (exact) mass is 486 g/mol. The van der Waals surface area contributed by atoms with E-state index in [1.807, 2.05) is 19.1 Å². The van der Waals surface area contributed by atoms with Gasteiger partial charge in [0.2, 0.25) is 5.91 Å².